The highest BCUT2D eigenvalue weighted by atomic mass is 19.1. The summed E-state index contributed by atoms with van der Waals surface area (Å²) in [6.45, 7) is 8.42. The van der Waals surface area contributed by atoms with Gasteiger partial charge in [0.15, 0.2) is 0 Å². The lowest BCUT2D eigenvalue weighted by Crippen LogP contribution is -1.97. The second-order valence-electron chi connectivity index (χ2n) is 9.29. The fraction of sp³-hybridized carbons (Fsp3) is 0. The standard InChI is InChI=1S/C36H24F2/c1-3-29-33(23-13-17-27(37)18-14-23)21-25-9-5-7-11-31(25)35(29)36-30(4-2)34(24-15-19-28(38)20-16-24)22-26-10-6-8-12-32(26)36/h3-22H,1-2H2. The van der Waals surface area contributed by atoms with E-state index in [1.54, 1.807) is 24.3 Å². The van der Waals surface area contributed by atoms with E-state index in [2.05, 4.69) is 49.6 Å². The van der Waals surface area contributed by atoms with Gasteiger partial charge in [0.25, 0.3) is 0 Å². The molecule has 6 aromatic rings. The highest BCUT2D eigenvalue weighted by Gasteiger charge is 2.21. The van der Waals surface area contributed by atoms with Crippen LogP contribution in [0.15, 0.2) is 122 Å². The number of halogens is 2. The fourth-order valence-corrected chi connectivity index (χ4v) is 5.43. The number of hydrogen-bond acceptors (Lipinski definition) is 0. The molecule has 0 unspecified atom stereocenters. The zero-order valence-electron chi connectivity index (χ0n) is 20.7. The minimum atomic E-state index is -0.276. The maximum atomic E-state index is 13.8. The molecule has 0 bridgehead atoms. The van der Waals surface area contributed by atoms with Gasteiger partial charge in [0.05, 0.1) is 0 Å². The molecule has 0 aromatic heterocycles. The molecular formula is C36H24F2. The molecule has 0 nitrogen and oxygen atoms in total. The molecule has 0 atom stereocenters. The molecule has 6 aromatic carbocycles. The van der Waals surface area contributed by atoms with Crippen LogP contribution in [0.4, 0.5) is 8.78 Å². The van der Waals surface area contributed by atoms with Crippen molar-refractivity contribution in [3.8, 4) is 33.4 Å². The van der Waals surface area contributed by atoms with Gasteiger partial charge in [0.2, 0.25) is 0 Å². The summed E-state index contributed by atoms with van der Waals surface area (Å²) >= 11 is 0. The summed E-state index contributed by atoms with van der Waals surface area (Å²) in [6.07, 6.45) is 3.76. The van der Waals surface area contributed by atoms with Gasteiger partial charge in [-0.2, -0.15) is 0 Å². The Morgan fingerprint density at radius 1 is 0.474 bits per heavy atom. The maximum absolute atomic E-state index is 13.8. The zero-order valence-corrected chi connectivity index (χ0v) is 20.7. The summed E-state index contributed by atoms with van der Waals surface area (Å²) in [7, 11) is 0. The summed E-state index contributed by atoms with van der Waals surface area (Å²) in [5.41, 5.74) is 7.75. The summed E-state index contributed by atoms with van der Waals surface area (Å²) in [5.74, 6) is -0.552. The Balaban J connectivity index is 1.81. The second kappa shape index (κ2) is 9.57. The molecule has 182 valence electrons. The Morgan fingerprint density at radius 2 is 0.842 bits per heavy atom. The number of rotatable bonds is 5. The third-order valence-electron chi connectivity index (χ3n) is 7.15. The molecule has 0 aliphatic rings. The summed E-state index contributed by atoms with van der Waals surface area (Å²) in [4.78, 5) is 0. The number of hydrogen-bond donors (Lipinski definition) is 0. The van der Waals surface area contributed by atoms with E-state index in [-0.39, 0.29) is 11.6 Å². The lowest BCUT2D eigenvalue weighted by Gasteiger charge is -2.22. The molecule has 0 aliphatic heterocycles. The summed E-state index contributed by atoms with van der Waals surface area (Å²) < 4.78 is 27.7. The predicted molar refractivity (Wildman–Crippen MR) is 158 cm³/mol. The van der Waals surface area contributed by atoms with Crippen LogP contribution >= 0.6 is 0 Å². The van der Waals surface area contributed by atoms with Crippen molar-refractivity contribution in [1.82, 2.24) is 0 Å². The van der Waals surface area contributed by atoms with Gasteiger partial charge in [-0.15, -0.1) is 0 Å². The van der Waals surface area contributed by atoms with Crippen LogP contribution in [0.3, 0.4) is 0 Å². The molecule has 0 saturated heterocycles. The van der Waals surface area contributed by atoms with E-state index in [0.29, 0.717) is 0 Å². The largest absolute Gasteiger partial charge is 0.207 e. The highest BCUT2D eigenvalue weighted by molar-refractivity contribution is 6.14. The molecule has 38 heavy (non-hydrogen) atoms. The van der Waals surface area contributed by atoms with E-state index < -0.39 is 0 Å². The maximum Gasteiger partial charge on any atom is 0.123 e. The SMILES string of the molecule is C=Cc1c(-c2ccc(F)cc2)cc2ccccc2c1-c1c(C=C)c(-c2ccc(F)cc2)cc2ccccc12. The van der Waals surface area contributed by atoms with Gasteiger partial charge in [0, 0.05) is 0 Å². The van der Waals surface area contributed by atoms with Crippen molar-refractivity contribution in [1.29, 1.82) is 0 Å². The van der Waals surface area contributed by atoms with Gasteiger partial charge in [0.1, 0.15) is 11.6 Å². The minimum Gasteiger partial charge on any atom is -0.207 e. The first kappa shape index (κ1) is 23.6. The molecule has 6 rings (SSSR count). The molecule has 0 radical (unpaired) electrons. The molecular weight excluding hydrogens is 470 g/mol. The molecule has 0 aliphatic carbocycles. The Bertz CT molecular complexity index is 1700. The van der Waals surface area contributed by atoms with Gasteiger partial charge >= 0.3 is 0 Å². The van der Waals surface area contributed by atoms with Gasteiger partial charge in [-0.05, 0) is 102 Å². The lowest BCUT2D eigenvalue weighted by atomic mass is 9.81. The van der Waals surface area contributed by atoms with Crippen LogP contribution in [-0.4, -0.2) is 0 Å². The minimum absolute atomic E-state index is 0.276. The molecule has 0 amide bonds. The molecule has 0 saturated carbocycles. The van der Waals surface area contributed by atoms with E-state index in [1.807, 2.05) is 36.4 Å². The van der Waals surface area contributed by atoms with Crippen LogP contribution in [0.25, 0.3) is 67.1 Å². The van der Waals surface area contributed by atoms with Crippen molar-refractivity contribution in [2.24, 2.45) is 0 Å². The number of benzene rings is 6. The van der Waals surface area contributed by atoms with E-state index >= 15 is 0 Å². The molecule has 0 heterocycles. The van der Waals surface area contributed by atoms with Crippen LogP contribution in [0.5, 0.6) is 0 Å². The van der Waals surface area contributed by atoms with Crippen LogP contribution in [0, 0.1) is 11.6 Å². The smallest absolute Gasteiger partial charge is 0.123 e. The lowest BCUT2D eigenvalue weighted by molar-refractivity contribution is 0.627. The van der Waals surface area contributed by atoms with Crippen LogP contribution in [0.1, 0.15) is 11.1 Å². The van der Waals surface area contributed by atoms with Gasteiger partial charge in [-0.25, -0.2) is 8.78 Å². The Hall–Kier alpha value is -4.82. The molecule has 0 spiro atoms. The highest BCUT2D eigenvalue weighted by Crippen LogP contribution is 2.46. The van der Waals surface area contributed by atoms with Crippen molar-refractivity contribution in [2.75, 3.05) is 0 Å². The van der Waals surface area contributed by atoms with E-state index in [0.717, 1.165) is 66.1 Å². The van der Waals surface area contributed by atoms with Gasteiger partial charge < -0.3 is 0 Å². The molecule has 0 N–H and O–H groups in total. The van der Waals surface area contributed by atoms with E-state index in [9.17, 15) is 8.78 Å². The van der Waals surface area contributed by atoms with Crippen molar-refractivity contribution in [3.63, 3.8) is 0 Å². The van der Waals surface area contributed by atoms with Crippen LogP contribution in [-0.2, 0) is 0 Å². The first-order chi connectivity index (χ1) is 18.6. The van der Waals surface area contributed by atoms with Gasteiger partial charge in [-0.3, -0.25) is 0 Å². The zero-order chi connectivity index (χ0) is 26.2. The molecule has 2 heteroatoms. The molecule has 0 fully saturated rings. The van der Waals surface area contributed by atoms with E-state index in [1.165, 1.54) is 24.3 Å². The second-order valence-corrected chi connectivity index (χ2v) is 9.29. The van der Waals surface area contributed by atoms with E-state index in [4.69, 9.17) is 0 Å². The predicted octanol–water partition coefficient (Wildman–Crippen LogP) is 10.6. The van der Waals surface area contributed by atoms with Crippen molar-refractivity contribution >= 4 is 33.7 Å². The third kappa shape index (κ3) is 3.91. The normalized spacial score (nSPS) is 11.1. The Morgan fingerprint density at radius 3 is 1.21 bits per heavy atom. The summed E-state index contributed by atoms with van der Waals surface area (Å²) in [6, 6.07) is 34.0. The van der Waals surface area contributed by atoms with Crippen LogP contribution < -0.4 is 0 Å². The van der Waals surface area contributed by atoms with Crippen molar-refractivity contribution in [2.45, 2.75) is 0 Å². The monoisotopic (exact) mass is 494 g/mol. The quantitative estimate of drug-likeness (QED) is 0.224. The average Bonchev–Trinajstić information content (AvgIpc) is 2.96. The Labute approximate surface area is 220 Å². The first-order valence-electron chi connectivity index (χ1n) is 12.5. The average molecular weight is 495 g/mol. The Kier molecular flexibility index (Phi) is 5.94. The fourth-order valence-electron chi connectivity index (χ4n) is 5.43. The van der Waals surface area contributed by atoms with Gasteiger partial charge in [-0.1, -0.05) is 98.1 Å². The number of fused-ring (bicyclic) bond motifs is 2. The van der Waals surface area contributed by atoms with Crippen LogP contribution in [0.2, 0.25) is 0 Å². The van der Waals surface area contributed by atoms with Crippen molar-refractivity contribution in [3.05, 3.63) is 145 Å². The third-order valence-corrected chi connectivity index (χ3v) is 7.15. The summed E-state index contributed by atoms with van der Waals surface area (Å²) in [5, 5.41) is 4.30. The van der Waals surface area contributed by atoms with Crippen molar-refractivity contribution < 1.29 is 8.78 Å². The first-order valence-corrected chi connectivity index (χ1v) is 12.5. The topological polar surface area (TPSA) is 0 Å².